The van der Waals surface area contributed by atoms with E-state index in [0.717, 1.165) is 12.1 Å². The first-order valence-corrected chi connectivity index (χ1v) is 13.6. The zero-order valence-electron chi connectivity index (χ0n) is 23.0. The number of fused-ring (bicyclic) bond motifs is 7. The van der Waals surface area contributed by atoms with Gasteiger partial charge in [-0.25, -0.2) is 0 Å². The van der Waals surface area contributed by atoms with Crippen molar-refractivity contribution in [3.8, 4) is 17.4 Å². The van der Waals surface area contributed by atoms with Crippen LogP contribution in [0.5, 0.6) is 0 Å². The van der Waals surface area contributed by atoms with Gasteiger partial charge in [-0.15, -0.1) is 0 Å². The van der Waals surface area contributed by atoms with E-state index in [1.54, 1.807) is 48.5 Å². The van der Waals surface area contributed by atoms with Crippen LogP contribution in [-0.2, 0) is 18.5 Å². The van der Waals surface area contributed by atoms with Gasteiger partial charge in [-0.1, -0.05) is 48.5 Å². The van der Waals surface area contributed by atoms with Crippen molar-refractivity contribution in [3.63, 3.8) is 0 Å². The van der Waals surface area contributed by atoms with E-state index in [4.69, 9.17) is 0 Å². The molecule has 46 heavy (non-hydrogen) atoms. The smallest absolute Gasteiger partial charge is 0.309 e. The molecule has 0 N–H and O–H groups in total. The predicted molar refractivity (Wildman–Crippen MR) is 155 cm³/mol. The van der Waals surface area contributed by atoms with Crippen LogP contribution in [0.4, 0.5) is 39.5 Å². The maximum absolute atomic E-state index is 14.5. The Kier molecular flexibility index (Phi) is 6.22. The third-order valence-corrected chi connectivity index (χ3v) is 7.99. The molecular weight excluding hydrogens is 621 g/mol. The maximum atomic E-state index is 14.5. The first kappa shape index (κ1) is 29.3. The van der Waals surface area contributed by atoms with Crippen LogP contribution in [0.1, 0.15) is 22.3 Å². The van der Waals surface area contributed by atoms with Gasteiger partial charge in [0.05, 0.1) is 50.0 Å². The lowest BCUT2D eigenvalue weighted by Gasteiger charge is -2.18. The average Bonchev–Trinajstić information content (AvgIpc) is 3.52. The highest BCUT2D eigenvalue weighted by Crippen LogP contribution is 2.46. The molecule has 0 atom stereocenters. The number of aromatic nitrogens is 2. The molecule has 0 fully saturated rings. The van der Waals surface area contributed by atoms with E-state index < -0.39 is 46.6 Å². The summed E-state index contributed by atoms with van der Waals surface area (Å²) in [4.78, 5) is 0. The average molecular weight is 638 g/mol. The molecule has 5 aromatic carbocycles. The second kappa shape index (κ2) is 9.78. The third kappa shape index (κ3) is 4.37. The van der Waals surface area contributed by atoms with Crippen LogP contribution in [0.2, 0.25) is 0 Å². The number of alkyl halides is 9. The van der Waals surface area contributed by atoms with E-state index in [9.17, 15) is 44.8 Å². The van der Waals surface area contributed by atoms with Gasteiger partial charge in [-0.2, -0.15) is 44.8 Å². The normalized spacial score (nSPS) is 12.9. The summed E-state index contributed by atoms with van der Waals surface area (Å²) >= 11 is 0. The fraction of sp³-hybridized carbons (Fsp3) is 0.0882. The largest absolute Gasteiger partial charge is 0.418 e. The van der Waals surface area contributed by atoms with E-state index in [1.807, 2.05) is 6.07 Å². The Hall–Kier alpha value is -5.44. The van der Waals surface area contributed by atoms with Gasteiger partial charge in [0.1, 0.15) is 6.07 Å². The van der Waals surface area contributed by atoms with Gasteiger partial charge in [0.15, 0.2) is 0 Å². The first-order chi connectivity index (χ1) is 21.7. The van der Waals surface area contributed by atoms with Crippen molar-refractivity contribution < 1.29 is 39.5 Å². The maximum Gasteiger partial charge on any atom is 0.418 e. The summed E-state index contributed by atoms with van der Waals surface area (Å²) in [7, 11) is 0. The SMILES string of the molecule is N#Cc1cccc(C(F)(F)F)c1-n1c2ccccc2c2ccc3c(c4ccccc4n3-c3cc(C(F)(F)F)cc(C(F)(F)F)c3)c21. The Labute approximate surface area is 252 Å². The summed E-state index contributed by atoms with van der Waals surface area (Å²) in [6, 6.07) is 22.2. The highest BCUT2D eigenvalue weighted by atomic mass is 19.4. The molecule has 7 rings (SSSR count). The second-order valence-corrected chi connectivity index (χ2v) is 10.6. The first-order valence-electron chi connectivity index (χ1n) is 13.6. The van der Waals surface area contributed by atoms with Crippen molar-refractivity contribution in [3.05, 3.63) is 119 Å². The van der Waals surface area contributed by atoms with Gasteiger partial charge in [-0.05, 0) is 48.5 Å². The summed E-state index contributed by atoms with van der Waals surface area (Å²) < 4.78 is 129. The number of nitriles is 1. The zero-order chi connectivity index (χ0) is 32.8. The van der Waals surface area contributed by atoms with E-state index in [2.05, 4.69) is 0 Å². The van der Waals surface area contributed by atoms with Crippen molar-refractivity contribution in [1.82, 2.24) is 9.13 Å². The molecule has 12 heteroatoms. The van der Waals surface area contributed by atoms with Gasteiger partial charge < -0.3 is 9.13 Å². The van der Waals surface area contributed by atoms with Crippen LogP contribution in [0.25, 0.3) is 55.0 Å². The van der Waals surface area contributed by atoms with Gasteiger partial charge in [0, 0.05) is 27.2 Å². The standard InChI is InChI=1S/C34H16F9N3/c35-32(36,37)19-14-20(33(38,39)40)16-21(15-19)45-27-11-4-2-8-24(27)29-28(45)13-12-23-22-7-1-3-10-26(22)46(31(23)29)30-18(17-44)6-5-9-25(30)34(41,42)43/h1-16H. The van der Waals surface area contributed by atoms with Crippen LogP contribution in [0.3, 0.4) is 0 Å². The Morgan fingerprint density at radius 1 is 0.522 bits per heavy atom. The lowest BCUT2D eigenvalue weighted by atomic mass is 10.1. The lowest BCUT2D eigenvalue weighted by Crippen LogP contribution is -2.12. The monoisotopic (exact) mass is 637 g/mol. The van der Waals surface area contributed by atoms with Gasteiger partial charge in [0.2, 0.25) is 0 Å². The number of nitrogens with zero attached hydrogens (tertiary/aromatic N) is 3. The fourth-order valence-electron chi connectivity index (χ4n) is 6.19. The summed E-state index contributed by atoms with van der Waals surface area (Å²) in [6.45, 7) is 0. The topological polar surface area (TPSA) is 33.6 Å². The molecule has 0 unspecified atom stereocenters. The molecule has 0 aliphatic heterocycles. The molecule has 0 radical (unpaired) electrons. The Balaban J connectivity index is 1.72. The molecule has 0 aliphatic carbocycles. The number of benzene rings is 5. The predicted octanol–water partition coefficient (Wildman–Crippen LogP) is 10.8. The Bertz CT molecular complexity index is 2370. The molecule has 2 aromatic heterocycles. The molecule has 0 saturated carbocycles. The third-order valence-electron chi connectivity index (χ3n) is 7.99. The molecule has 0 bridgehead atoms. The van der Waals surface area contributed by atoms with Crippen LogP contribution < -0.4 is 0 Å². The van der Waals surface area contributed by atoms with Gasteiger partial charge in [-0.3, -0.25) is 0 Å². The fourth-order valence-corrected chi connectivity index (χ4v) is 6.19. The lowest BCUT2D eigenvalue weighted by molar-refractivity contribution is -0.143. The van der Waals surface area contributed by atoms with Gasteiger partial charge >= 0.3 is 18.5 Å². The van der Waals surface area contributed by atoms with Gasteiger partial charge in [0.25, 0.3) is 0 Å². The number of hydrogen-bond acceptors (Lipinski definition) is 1. The summed E-state index contributed by atoms with van der Waals surface area (Å²) in [6.07, 6.45) is -15.1. The summed E-state index contributed by atoms with van der Waals surface area (Å²) in [5.74, 6) is 0. The molecule has 3 nitrogen and oxygen atoms in total. The molecule has 0 amide bonds. The Morgan fingerprint density at radius 3 is 1.70 bits per heavy atom. The minimum absolute atomic E-state index is 0.0327. The second-order valence-electron chi connectivity index (χ2n) is 10.6. The highest BCUT2D eigenvalue weighted by Gasteiger charge is 2.38. The van der Waals surface area contributed by atoms with Crippen molar-refractivity contribution in [2.75, 3.05) is 0 Å². The van der Waals surface area contributed by atoms with E-state index >= 15 is 0 Å². The molecule has 0 aliphatic rings. The molecule has 0 spiro atoms. The van der Waals surface area contributed by atoms with Crippen molar-refractivity contribution in [2.45, 2.75) is 18.5 Å². The van der Waals surface area contributed by atoms with E-state index in [1.165, 1.54) is 27.3 Å². The van der Waals surface area contributed by atoms with E-state index in [-0.39, 0.29) is 33.6 Å². The van der Waals surface area contributed by atoms with Crippen LogP contribution in [-0.4, -0.2) is 9.13 Å². The van der Waals surface area contributed by atoms with Crippen molar-refractivity contribution >= 4 is 43.6 Å². The van der Waals surface area contributed by atoms with Crippen molar-refractivity contribution in [2.24, 2.45) is 0 Å². The number of halogens is 9. The zero-order valence-corrected chi connectivity index (χ0v) is 23.0. The summed E-state index contributed by atoms with van der Waals surface area (Å²) in [5.41, 5.74) is -4.43. The molecule has 230 valence electrons. The number of para-hydroxylation sites is 3. The minimum atomic E-state index is -5.11. The molecular formula is C34H16F9N3. The molecule has 2 heterocycles. The number of hydrogen-bond donors (Lipinski definition) is 0. The molecule has 7 aromatic rings. The number of rotatable bonds is 2. The Morgan fingerprint density at radius 2 is 1.11 bits per heavy atom. The molecule has 0 saturated heterocycles. The quantitative estimate of drug-likeness (QED) is 0.174. The van der Waals surface area contributed by atoms with Crippen LogP contribution in [0.15, 0.2) is 97.1 Å². The van der Waals surface area contributed by atoms with E-state index in [0.29, 0.717) is 33.8 Å². The summed E-state index contributed by atoms with van der Waals surface area (Å²) in [5, 5.41) is 11.6. The van der Waals surface area contributed by atoms with Crippen molar-refractivity contribution in [1.29, 1.82) is 5.26 Å². The van der Waals surface area contributed by atoms with Crippen LogP contribution in [0, 0.1) is 11.3 Å². The van der Waals surface area contributed by atoms with Crippen LogP contribution >= 0.6 is 0 Å². The highest BCUT2D eigenvalue weighted by molar-refractivity contribution is 6.26. The minimum Gasteiger partial charge on any atom is -0.309 e.